The van der Waals surface area contributed by atoms with Gasteiger partial charge in [-0.1, -0.05) is 29.8 Å². The smallest absolute Gasteiger partial charge is 0.276 e. The first kappa shape index (κ1) is 22.1. The van der Waals surface area contributed by atoms with Crippen molar-refractivity contribution in [2.24, 2.45) is 0 Å². The predicted molar refractivity (Wildman–Crippen MR) is 119 cm³/mol. The second-order valence-corrected chi connectivity index (χ2v) is 7.34. The quantitative estimate of drug-likeness (QED) is 0.446. The van der Waals surface area contributed by atoms with Gasteiger partial charge in [-0.2, -0.15) is 0 Å². The maximum Gasteiger partial charge on any atom is 0.276 e. The van der Waals surface area contributed by atoms with Crippen molar-refractivity contribution >= 4 is 40.9 Å². The molecule has 3 rings (SSSR count). The minimum absolute atomic E-state index is 0.00780. The highest BCUT2D eigenvalue weighted by Gasteiger charge is 2.34. The highest BCUT2D eigenvalue weighted by molar-refractivity contribution is 7.80. The van der Waals surface area contributed by atoms with E-state index < -0.39 is 0 Å². The van der Waals surface area contributed by atoms with Crippen molar-refractivity contribution in [1.29, 1.82) is 0 Å². The van der Waals surface area contributed by atoms with Gasteiger partial charge in [0, 0.05) is 19.2 Å². The fraction of sp³-hybridized carbons (Fsp3) is 0.273. The van der Waals surface area contributed by atoms with Gasteiger partial charge in [-0.15, -0.1) is 0 Å². The largest absolute Gasteiger partial charge is 0.490 e. The van der Waals surface area contributed by atoms with Crippen LogP contribution in [0.25, 0.3) is 6.08 Å². The van der Waals surface area contributed by atoms with E-state index in [1.807, 2.05) is 13.8 Å². The number of carbonyl (C=O) groups is 1. The van der Waals surface area contributed by atoms with E-state index in [9.17, 15) is 9.18 Å². The van der Waals surface area contributed by atoms with Gasteiger partial charge < -0.3 is 14.4 Å². The molecule has 0 N–H and O–H groups in total. The number of hydrogen-bond acceptors (Lipinski definition) is 4. The molecule has 0 radical (unpaired) electrons. The van der Waals surface area contributed by atoms with Crippen LogP contribution in [0.1, 0.15) is 25.0 Å². The third-order valence-electron chi connectivity index (χ3n) is 4.62. The number of halogens is 2. The van der Waals surface area contributed by atoms with E-state index in [-0.39, 0.29) is 18.3 Å². The lowest BCUT2D eigenvalue weighted by atomic mass is 10.1. The van der Waals surface area contributed by atoms with E-state index in [0.717, 1.165) is 0 Å². The Bertz CT molecular complexity index is 1010. The Morgan fingerprint density at radius 2 is 1.93 bits per heavy atom. The highest BCUT2D eigenvalue weighted by atomic mass is 35.5. The van der Waals surface area contributed by atoms with Gasteiger partial charge in [0.25, 0.3) is 5.91 Å². The van der Waals surface area contributed by atoms with Crippen LogP contribution in [-0.2, 0) is 11.4 Å². The van der Waals surface area contributed by atoms with E-state index in [4.69, 9.17) is 33.3 Å². The number of hydrogen-bond donors (Lipinski definition) is 0. The Labute approximate surface area is 185 Å². The molecule has 1 heterocycles. The van der Waals surface area contributed by atoms with Gasteiger partial charge in [0.15, 0.2) is 16.6 Å². The summed E-state index contributed by atoms with van der Waals surface area (Å²) in [6.45, 7) is 4.60. The van der Waals surface area contributed by atoms with Crippen LogP contribution in [0.2, 0.25) is 5.02 Å². The van der Waals surface area contributed by atoms with Crippen LogP contribution >= 0.6 is 23.8 Å². The molecule has 2 aromatic rings. The normalized spacial score (nSPS) is 15.3. The summed E-state index contributed by atoms with van der Waals surface area (Å²) in [5.74, 6) is 0.211. The minimum Gasteiger partial charge on any atom is -0.490 e. The molecule has 8 heteroatoms. The Morgan fingerprint density at radius 3 is 2.57 bits per heavy atom. The van der Waals surface area contributed by atoms with Gasteiger partial charge >= 0.3 is 0 Å². The van der Waals surface area contributed by atoms with Gasteiger partial charge in [0.05, 0.1) is 11.6 Å². The number of benzene rings is 2. The lowest BCUT2D eigenvalue weighted by molar-refractivity contribution is -0.122. The van der Waals surface area contributed by atoms with E-state index in [2.05, 4.69) is 0 Å². The Kier molecular flexibility index (Phi) is 6.95. The molecule has 5 nitrogen and oxygen atoms in total. The molecule has 0 unspecified atom stereocenters. The molecule has 1 fully saturated rings. The number of ether oxygens (including phenoxy) is 2. The van der Waals surface area contributed by atoms with Crippen molar-refractivity contribution in [2.75, 3.05) is 20.2 Å². The lowest BCUT2D eigenvalue weighted by Crippen LogP contribution is -2.30. The number of rotatable bonds is 7. The number of amides is 1. The molecular weight excluding hydrogens is 427 g/mol. The summed E-state index contributed by atoms with van der Waals surface area (Å²) in [4.78, 5) is 15.8. The zero-order valence-electron chi connectivity index (χ0n) is 16.9. The number of carbonyl (C=O) groups excluding carboxylic acids is 1. The first-order valence-electron chi connectivity index (χ1n) is 9.51. The van der Waals surface area contributed by atoms with E-state index in [1.165, 1.54) is 11.0 Å². The Morgan fingerprint density at radius 1 is 1.20 bits per heavy atom. The van der Waals surface area contributed by atoms with Crippen molar-refractivity contribution in [2.45, 2.75) is 20.5 Å². The molecule has 0 spiro atoms. The van der Waals surface area contributed by atoms with Crippen molar-refractivity contribution in [3.05, 3.63) is 64.1 Å². The predicted octanol–water partition coefficient (Wildman–Crippen LogP) is 4.88. The first-order chi connectivity index (χ1) is 14.4. The van der Waals surface area contributed by atoms with Crippen LogP contribution in [0.3, 0.4) is 0 Å². The van der Waals surface area contributed by atoms with Crippen LogP contribution < -0.4 is 9.47 Å². The van der Waals surface area contributed by atoms with Gasteiger partial charge in [0.2, 0.25) is 0 Å². The summed E-state index contributed by atoms with van der Waals surface area (Å²) in [5, 5.41) is 0.752. The SMILES string of the molecule is CCOc1cc(C=C2C(=O)N(CC)C(=S)N2C)cc(Cl)c1OCc1ccccc1F. The average Bonchev–Trinajstić information content (AvgIpc) is 2.91. The molecule has 1 aliphatic heterocycles. The molecular formula is C22H22ClFN2O3S. The number of nitrogens with zero attached hydrogens (tertiary/aromatic N) is 2. The maximum absolute atomic E-state index is 13.9. The average molecular weight is 449 g/mol. The summed E-state index contributed by atoms with van der Waals surface area (Å²) < 4.78 is 25.4. The molecule has 0 aromatic heterocycles. The standard InChI is InChI=1S/C22H22ClFN2O3S/c1-4-26-21(27)18(25(3)22(26)30)11-14-10-16(23)20(19(12-14)28-5-2)29-13-15-8-6-7-9-17(15)24/h6-12H,4-5,13H2,1-3H3. The van der Waals surface area contributed by atoms with Crippen LogP contribution in [-0.4, -0.2) is 41.0 Å². The summed E-state index contributed by atoms with van der Waals surface area (Å²) in [6.07, 6.45) is 1.71. The Hall–Kier alpha value is -2.64. The fourth-order valence-electron chi connectivity index (χ4n) is 3.09. The summed E-state index contributed by atoms with van der Waals surface area (Å²) in [7, 11) is 1.75. The molecule has 0 saturated carbocycles. The highest BCUT2D eigenvalue weighted by Crippen LogP contribution is 2.38. The van der Waals surface area contributed by atoms with Crippen molar-refractivity contribution in [3.63, 3.8) is 0 Å². The second-order valence-electron chi connectivity index (χ2n) is 6.56. The summed E-state index contributed by atoms with van der Waals surface area (Å²) in [5.41, 5.74) is 1.52. The zero-order valence-corrected chi connectivity index (χ0v) is 18.5. The molecule has 0 bridgehead atoms. The lowest BCUT2D eigenvalue weighted by Gasteiger charge is -2.15. The summed E-state index contributed by atoms with van der Waals surface area (Å²) in [6, 6.07) is 9.78. The molecule has 2 aromatic carbocycles. The van der Waals surface area contributed by atoms with Gasteiger partial charge in [-0.3, -0.25) is 9.69 Å². The number of likely N-dealkylation sites (N-methyl/N-ethyl adjacent to an activating group) is 2. The van der Waals surface area contributed by atoms with Crippen molar-refractivity contribution < 1.29 is 18.7 Å². The van der Waals surface area contributed by atoms with Crippen molar-refractivity contribution in [1.82, 2.24) is 9.80 Å². The fourth-order valence-corrected chi connectivity index (χ4v) is 3.67. The van der Waals surface area contributed by atoms with Gasteiger partial charge in [-0.05, 0) is 55.9 Å². The minimum atomic E-state index is -0.354. The monoisotopic (exact) mass is 448 g/mol. The molecule has 158 valence electrons. The van der Waals surface area contributed by atoms with Crippen LogP contribution in [0.5, 0.6) is 11.5 Å². The molecule has 1 saturated heterocycles. The van der Waals surface area contributed by atoms with Crippen molar-refractivity contribution in [3.8, 4) is 11.5 Å². The zero-order chi connectivity index (χ0) is 21.8. The van der Waals surface area contributed by atoms with Crippen LogP contribution in [0.15, 0.2) is 42.1 Å². The molecule has 30 heavy (non-hydrogen) atoms. The van der Waals surface area contributed by atoms with E-state index in [1.54, 1.807) is 48.4 Å². The van der Waals surface area contributed by atoms with E-state index >= 15 is 0 Å². The summed E-state index contributed by atoms with van der Waals surface area (Å²) >= 11 is 11.8. The molecule has 1 amide bonds. The molecule has 0 aliphatic carbocycles. The third-order valence-corrected chi connectivity index (χ3v) is 5.40. The van der Waals surface area contributed by atoms with Gasteiger partial charge in [-0.25, -0.2) is 4.39 Å². The third kappa shape index (κ3) is 4.42. The van der Waals surface area contributed by atoms with Gasteiger partial charge in [0.1, 0.15) is 18.1 Å². The Balaban J connectivity index is 1.92. The number of thiocarbonyl (C=S) groups is 1. The molecule has 1 aliphatic rings. The molecule has 0 atom stereocenters. The topological polar surface area (TPSA) is 42.0 Å². The maximum atomic E-state index is 13.9. The first-order valence-corrected chi connectivity index (χ1v) is 10.3. The van der Waals surface area contributed by atoms with Crippen LogP contribution in [0.4, 0.5) is 4.39 Å². The van der Waals surface area contributed by atoms with Crippen LogP contribution in [0, 0.1) is 5.82 Å². The second kappa shape index (κ2) is 9.45. The van der Waals surface area contributed by atoms with E-state index in [0.29, 0.717) is 51.6 Å².